The van der Waals surface area contributed by atoms with E-state index in [0.717, 1.165) is 41.2 Å². The number of thiazole rings is 1. The van der Waals surface area contributed by atoms with Gasteiger partial charge in [-0.1, -0.05) is 0 Å². The fourth-order valence-corrected chi connectivity index (χ4v) is 3.86. The van der Waals surface area contributed by atoms with E-state index >= 15 is 0 Å². The van der Waals surface area contributed by atoms with Crippen LogP contribution in [0.15, 0.2) is 0 Å². The molecular formula is C15H20N4OS. The summed E-state index contributed by atoms with van der Waals surface area (Å²) in [4.78, 5) is 20.2. The van der Waals surface area contributed by atoms with Crippen molar-refractivity contribution in [1.82, 2.24) is 20.1 Å². The van der Waals surface area contributed by atoms with Crippen molar-refractivity contribution in [1.29, 1.82) is 0 Å². The lowest BCUT2D eigenvalue weighted by Gasteiger charge is -2.23. The SMILES string of the molecule is Cc1nc([C@H](C)N(C)C(=O)c2n[nH]c3c2CCC3)c(C)s1. The highest BCUT2D eigenvalue weighted by atomic mass is 32.1. The molecule has 1 N–H and O–H groups in total. The van der Waals surface area contributed by atoms with Gasteiger partial charge in [0.05, 0.1) is 16.7 Å². The van der Waals surface area contributed by atoms with Crippen LogP contribution in [0.4, 0.5) is 0 Å². The summed E-state index contributed by atoms with van der Waals surface area (Å²) in [5.74, 6) is -0.0213. The molecular weight excluding hydrogens is 284 g/mol. The first-order valence-corrected chi connectivity index (χ1v) is 8.08. The summed E-state index contributed by atoms with van der Waals surface area (Å²) in [6.45, 7) is 6.07. The van der Waals surface area contributed by atoms with Gasteiger partial charge in [-0.05, 0) is 40.0 Å². The fourth-order valence-electron chi connectivity index (χ4n) is 2.96. The van der Waals surface area contributed by atoms with Gasteiger partial charge in [-0.15, -0.1) is 11.3 Å². The lowest BCUT2D eigenvalue weighted by atomic mass is 10.1. The lowest BCUT2D eigenvalue weighted by Crippen LogP contribution is -2.31. The number of fused-ring (bicyclic) bond motifs is 1. The van der Waals surface area contributed by atoms with Gasteiger partial charge >= 0.3 is 0 Å². The molecule has 0 aromatic carbocycles. The molecule has 0 saturated heterocycles. The number of H-pyrrole nitrogens is 1. The highest BCUT2D eigenvalue weighted by Gasteiger charge is 2.28. The predicted molar refractivity (Wildman–Crippen MR) is 82.7 cm³/mol. The Morgan fingerprint density at radius 1 is 1.38 bits per heavy atom. The number of nitrogens with zero attached hydrogens (tertiary/aromatic N) is 3. The molecule has 2 aromatic rings. The molecule has 0 fully saturated rings. The van der Waals surface area contributed by atoms with Crippen LogP contribution in [0.3, 0.4) is 0 Å². The minimum atomic E-state index is -0.0452. The van der Waals surface area contributed by atoms with Crippen LogP contribution in [0.2, 0.25) is 0 Å². The number of aromatic amines is 1. The van der Waals surface area contributed by atoms with Gasteiger partial charge in [-0.2, -0.15) is 5.10 Å². The third-order valence-electron chi connectivity index (χ3n) is 4.25. The zero-order valence-corrected chi connectivity index (χ0v) is 13.7. The van der Waals surface area contributed by atoms with Gasteiger partial charge in [0.2, 0.25) is 0 Å². The topological polar surface area (TPSA) is 61.9 Å². The van der Waals surface area contributed by atoms with E-state index in [2.05, 4.69) is 22.1 Å². The number of carbonyl (C=O) groups is 1. The van der Waals surface area contributed by atoms with Crippen molar-refractivity contribution < 1.29 is 4.79 Å². The third kappa shape index (κ3) is 2.37. The number of carbonyl (C=O) groups excluding carboxylic acids is 1. The smallest absolute Gasteiger partial charge is 0.274 e. The summed E-state index contributed by atoms with van der Waals surface area (Å²) >= 11 is 1.67. The van der Waals surface area contributed by atoms with Gasteiger partial charge < -0.3 is 4.90 Å². The van der Waals surface area contributed by atoms with E-state index in [1.807, 2.05) is 20.9 Å². The Morgan fingerprint density at radius 3 is 2.81 bits per heavy atom. The standard InChI is InChI=1S/C15H20N4OS/c1-8(13-9(2)21-10(3)16-13)19(4)15(20)14-11-6-5-7-12(11)17-18-14/h8H,5-7H2,1-4H3,(H,17,18)/t8-/m0/s1. The number of aryl methyl sites for hydroxylation is 3. The third-order valence-corrected chi connectivity index (χ3v) is 5.15. The Balaban J connectivity index is 1.85. The Bertz CT molecular complexity index is 688. The van der Waals surface area contributed by atoms with E-state index in [9.17, 15) is 4.79 Å². The Hall–Kier alpha value is -1.69. The molecule has 6 heteroatoms. The number of hydrogen-bond donors (Lipinski definition) is 1. The normalized spacial score (nSPS) is 15.0. The molecule has 0 aliphatic heterocycles. The molecule has 1 amide bonds. The van der Waals surface area contributed by atoms with Crippen LogP contribution in [0.25, 0.3) is 0 Å². The van der Waals surface area contributed by atoms with Crippen LogP contribution in [0, 0.1) is 13.8 Å². The minimum absolute atomic E-state index is 0.0213. The molecule has 0 unspecified atom stereocenters. The Labute approximate surface area is 128 Å². The Morgan fingerprint density at radius 2 is 2.14 bits per heavy atom. The maximum atomic E-state index is 12.7. The van der Waals surface area contributed by atoms with E-state index in [4.69, 9.17) is 0 Å². The number of nitrogens with one attached hydrogen (secondary N) is 1. The molecule has 1 atom stereocenters. The average molecular weight is 304 g/mol. The fraction of sp³-hybridized carbons (Fsp3) is 0.533. The van der Waals surface area contributed by atoms with Crippen LogP contribution >= 0.6 is 11.3 Å². The van der Waals surface area contributed by atoms with Gasteiger partial charge in [-0.3, -0.25) is 9.89 Å². The summed E-state index contributed by atoms with van der Waals surface area (Å²) in [6, 6.07) is -0.0452. The van der Waals surface area contributed by atoms with Crippen LogP contribution in [0.5, 0.6) is 0 Å². The molecule has 0 radical (unpaired) electrons. The molecule has 5 nitrogen and oxygen atoms in total. The van der Waals surface area contributed by atoms with Crippen molar-refractivity contribution in [3.05, 3.63) is 32.5 Å². The lowest BCUT2D eigenvalue weighted by molar-refractivity contribution is 0.0732. The minimum Gasteiger partial charge on any atom is -0.332 e. The summed E-state index contributed by atoms with van der Waals surface area (Å²) in [5, 5.41) is 8.27. The molecule has 2 heterocycles. The van der Waals surface area contributed by atoms with Gasteiger partial charge in [-0.25, -0.2) is 4.98 Å². The maximum absolute atomic E-state index is 12.7. The quantitative estimate of drug-likeness (QED) is 0.948. The first kappa shape index (κ1) is 14.3. The van der Waals surface area contributed by atoms with E-state index in [0.29, 0.717) is 5.69 Å². The van der Waals surface area contributed by atoms with Crippen LogP contribution in [0.1, 0.15) is 56.7 Å². The van der Waals surface area contributed by atoms with Crippen molar-refractivity contribution in [2.24, 2.45) is 0 Å². The maximum Gasteiger partial charge on any atom is 0.274 e. The van der Waals surface area contributed by atoms with Crippen molar-refractivity contribution >= 4 is 17.2 Å². The first-order valence-electron chi connectivity index (χ1n) is 7.26. The second kappa shape index (κ2) is 5.26. The van der Waals surface area contributed by atoms with Crippen molar-refractivity contribution in [2.45, 2.75) is 46.1 Å². The van der Waals surface area contributed by atoms with Gasteiger partial charge in [0, 0.05) is 23.2 Å². The van der Waals surface area contributed by atoms with Crippen LogP contribution < -0.4 is 0 Å². The number of amides is 1. The molecule has 1 aliphatic rings. The zero-order chi connectivity index (χ0) is 15.1. The molecule has 0 spiro atoms. The molecule has 112 valence electrons. The average Bonchev–Trinajstić information content (AvgIpc) is 3.11. The molecule has 0 saturated carbocycles. The number of rotatable bonds is 3. The Kier molecular flexibility index (Phi) is 3.57. The van der Waals surface area contributed by atoms with E-state index in [1.165, 1.54) is 4.88 Å². The van der Waals surface area contributed by atoms with Crippen molar-refractivity contribution in [3.63, 3.8) is 0 Å². The monoisotopic (exact) mass is 304 g/mol. The first-order chi connectivity index (χ1) is 9.99. The molecule has 2 aromatic heterocycles. The predicted octanol–water partition coefficient (Wildman–Crippen LogP) is 2.80. The molecule has 0 bridgehead atoms. The molecule has 21 heavy (non-hydrogen) atoms. The van der Waals surface area contributed by atoms with Gasteiger partial charge in [0.15, 0.2) is 5.69 Å². The molecule has 3 rings (SSSR count). The van der Waals surface area contributed by atoms with Crippen molar-refractivity contribution in [2.75, 3.05) is 7.05 Å². The van der Waals surface area contributed by atoms with Gasteiger partial charge in [0.1, 0.15) is 0 Å². The summed E-state index contributed by atoms with van der Waals surface area (Å²) < 4.78 is 0. The molecule has 1 aliphatic carbocycles. The van der Waals surface area contributed by atoms with Crippen LogP contribution in [-0.2, 0) is 12.8 Å². The number of hydrogen-bond acceptors (Lipinski definition) is 4. The number of aromatic nitrogens is 3. The summed E-state index contributed by atoms with van der Waals surface area (Å²) in [7, 11) is 1.83. The highest BCUT2D eigenvalue weighted by Crippen LogP contribution is 2.29. The van der Waals surface area contributed by atoms with E-state index in [1.54, 1.807) is 16.2 Å². The summed E-state index contributed by atoms with van der Waals surface area (Å²) in [5.41, 5.74) is 3.80. The van der Waals surface area contributed by atoms with Gasteiger partial charge in [0.25, 0.3) is 5.91 Å². The largest absolute Gasteiger partial charge is 0.332 e. The van der Waals surface area contributed by atoms with Crippen LogP contribution in [-0.4, -0.2) is 33.0 Å². The second-order valence-electron chi connectivity index (χ2n) is 5.65. The highest BCUT2D eigenvalue weighted by molar-refractivity contribution is 7.11. The second-order valence-corrected chi connectivity index (χ2v) is 7.06. The summed E-state index contributed by atoms with van der Waals surface area (Å²) in [6.07, 6.45) is 3.05. The van der Waals surface area contributed by atoms with E-state index < -0.39 is 0 Å². The van der Waals surface area contributed by atoms with E-state index in [-0.39, 0.29) is 11.9 Å². The van der Waals surface area contributed by atoms with Crippen molar-refractivity contribution in [3.8, 4) is 0 Å². The zero-order valence-electron chi connectivity index (χ0n) is 12.9.